The minimum atomic E-state index is 0.287. The molecule has 0 aliphatic heterocycles. The zero-order valence-corrected chi connectivity index (χ0v) is 6.66. The molecule has 0 radical (unpaired) electrons. The maximum atomic E-state index is 5.32. The smallest absolute Gasteiger partial charge is 0.167 e. The van der Waals surface area contributed by atoms with Gasteiger partial charge in [0.25, 0.3) is 0 Å². The van der Waals surface area contributed by atoms with Crippen LogP contribution in [0.15, 0.2) is 6.20 Å². The molecule has 0 fully saturated rings. The lowest BCUT2D eigenvalue weighted by molar-refractivity contribution is 1.18. The molecule has 1 aromatic heterocycles. The second-order valence-electron chi connectivity index (χ2n) is 1.46. The van der Waals surface area contributed by atoms with Crippen molar-refractivity contribution in [3.05, 3.63) is 9.90 Å². The molecule has 5 heteroatoms. The Morgan fingerprint density at radius 3 is 2.44 bits per heavy atom. The van der Waals surface area contributed by atoms with Gasteiger partial charge in [0, 0.05) is 0 Å². The summed E-state index contributed by atoms with van der Waals surface area (Å²) >= 11 is 2.01. The van der Waals surface area contributed by atoms with Gasteiger partial charge in [0.2, 0.25) is 0 Å². The van der Waals surface area contributed by atoms with Gasteiger partial charge >= 0.3 is 0 Å². The van der Waals surface area contributed by atoms with Gasteiger partial charge in [0.1, 0.15) is 3.70 Å². The molecule has 0 spiro atoms. The van der Waals surface area contributed by atoms with Crippen molar-refractivity contribution in [2.45, 2.75) is 0 Å². The molecule has 4 nitrogen and oxygen atoms in total. The number of rotatable bonds is 0. The molecule has 0 saturated carbocycles. The predicted octanol–water partition coefficient (Wildman–Crippen LogP) is 0.246. The largest absolute Gasteiger partial charge is 0.381 e. The lowest BCUT2D eigenvalue weighted by atomic mass is 10.6. The van der Waals surface area contributed by atoms with Crippen LogP contribution in [-0.4, -0.2) is 9.97 Å². The third kappa shape index (κ3) is 1.41. The van der Waals surface area contributed by atoms with E-state index in [1.165, 1.54) is 0 Å². The van der Waals surface area contributed by atoms with Crippen molar-refractivity contribution in [2.75, 3.05) is 11.5 Å². The van der Waals surface area contributed by atoms with E-state index in [9.17, 15) is 0 Å². The van der Waals surface area contributed by atoms with Crippen LogP contribution in [0, 0.1) is 3.70 Å². The summed E-state index contributed by atoms with van der Waals surface area (Å²) in [7, 11) is 0. The van der Waals surface area contributed by atoms with Gasteiger partial charge in [-0.3, -0.25) is 0 Å². The third-order valence-electron chi connectivity index (χ3n) is 0.800. The van der Waals surface area contributed by atoms with E-state index in [0.717, 1.165) is 3.70 Å². The monoisotopic (exact) mass is 236 g/mol. The van der Waals surface area contributed by atoms with Crippen molar-refractivity contribution in [2.24, 2.45) is 0 Å². The highest BCUT2D eigenvalue weighted by Gasteiger charge is 1.95. The van der Waals surface area contributed by atoms with Crippen LogP contribution in [0.5, 0.6) is 0 Å². The summed E-state index contributed by atoms with van der Waals surface area (Å²) in [6.45, 7) is 0. The van der Waals surface area contributed by atoms with E-state index >= 15 is 0 Å². The minimum absolute atomic E-state index is 0.287. The average molecular weight is 236 g/mol. The van der Waals surface area contributed by atoms with E-state index in [1.807, 2.05) is 22.6 Å². The molecule has 9 heavy (non-hydrogen) atoms. The standard InChI is InChI=1S/C4H5IN4/c5-2-1-8-3(6)4(7)9-2/h1H,(H2,6,8)(H2,7,9). The maximum Gasteiger partial charge on any atom is 0.167 e. The number of aromatic nitrogens is 2. The summed E-state index contributed by atoms with van der Waals surface area (Å²) in [4.78, 5) is 7.61. The fourth-order valence-electron chi connectivity index (χ4n) is 0.390. The Bertz CT molecular complexity index is 224. The molecule has 0 atom stereocenters. The highest BCUT2D eigenvalue weighted by Crippen LogP contribution is 2.07. The highest BCUT2D eigenvalue weighted by atomic mass is 127. The summed E-state index contributed by atoms with van der Waals surface area (Å²) in [5.74, 6) is 0.581. The number of nitrogens with two attached hydrogens (primary N) is 2. The van der Waals surface area contributed by atoms with Crippen molar-refractivity contribution in [1.29, 1.82) is 0 Å². The van der Waals surface area contributed by atoms with Gasteiger partial charge in [-0.25, -0.2) is 9.97 Å². The first-order valence-electron chi connectivity index (χ1n) is 2.23. The van der Waals surface area contributed by atoms with Crippen LogP contribution in [0.4, 0.5) is 11.6 Å². The van der Waals surface area contributed by atoms with E-state index in [-0.39, 0.29) is 5.82 Å². The van der Waals surface area contributed by atoms with Gasteiger partial charge in [-0.05, 0) is 22.6 Å². The van der Waals surface area contributed by atoms with Crippen molar-refractivity contribution >= 4 is 34.2 Å². The predicted molar refractivity (Wildman–Crippen MR) is 43.6 cm³/mol. The molecule has 4 N–H and O–H groups in total. The van der Waals surface area contributed by atoms with E-state index in [2.05, 4.69) is 9.97 Å². The fourth-order valence-corrected chi connectivity index (χ4v) is 0.789. The van der Waals surface area contributed by atoms with Crippen molar-refractivity contribution in [3.8, 4) is 0 Å². The molecule has 0 aliphatic rings. The Morgan fingerprint density at radius 1 is 1.33 bits per heavy atom. The number of anilines is 2. The minimum Gasteiger partial charge on any atom is -0.381 e. The number of hydrogen-bond acceptors (Lipinski definition) is 4. The van der Waals surface area contributed by atoms with E-state index in [4.69, 9.17) is 11.5 Å². The lowest BCUT2D eigenvalue weighted by Crippen LogP contribution is -2.01. The molecule has 1 heterocycles. The molecule has 0 aromatic carbocycles. The van der Waals surface area contributed by atoms with Gasteiger partial charge in [-0.2, -0.15) is 0 Å². The first-order chi connectivity index (χ1) is 4.20. The molecular weight excluding hydrogens is 231 g/mol. The van der Waals surface area contributed by atoms with Gasteiger partial charge in [-0.1, -0.05) is 0 Å². The first kappa shape index (κ1) is 6.53. The van der Waals surface area contributed by atoms with Crippen LogP contribution in [0.2, 0.25) is 0 Å². The Kier molecular flexibility index (Phi) is 1.70. The molecule has 1 rings (SSSR count). The molecular formula is C4H5IN4. The number of halogens is 1. The molecule has 0 unspecified atom stereocenters. The van der Waals surface area contributed by atoms with Crippen molar-refractivity contribution in [1.82, 2.24) is 9.97 Å². The normalized spacial score (nSPS) is 9.44. The van der Waals surface area contributed by atoms with Crippen LogP contribution in [0.25, 0.3) is 0 Å². The van der Waals surface area contributed by atoms with Gasteiger partial charge in [0.15, 0.2) is 11.6 Å². The van der Waals surface area contributed by atoms with Gasteiger partial charge in [0.05, 0.1) is 6.20 Å². The Balaban J connectivity index is 3.17. The van der Waals surface area contributed by atoms with Crippen LogP contribution >= 0.6 is 22.6 Å². The summed E-state index contributed by atoms with van der Waals surface area (Å²) in [5.41, 5.74) is 10.6. The number of nitrogen functional groups attached to an aromatic ring is 2. The summed E-state index contributed by atoms with van der Waals surface area (Å²) in [5, 5.41) is 0. The van der Waals surface area contributed by atoms with Gasteiger partial charge < -0.3 is 11.5 Å². The van der Waals surface area contributed by atoms with Crippen molar-refractivity contribution < 1.29 is 0 Å². The third-order valence-corrected chi connectivity index (χ3v) is 1.32. The lowest BCUT2D eigenvalue weighted by Gasteiger charge is -1.95. The average Bonchev–Trinajstić information content (AvgIpc) is 1.80. The Hall–Kier alpha value is -0.590. The molecule has 0 saturated heterocycles. The zero-order valence-electron chi connectivity index (χ0n) is 4.50. The van der Waals surface area contributed by atoms with Crippen molar-refractivity contribution in [3.63, 3.8) is 0 Å². The zero-order chi connectivity index (χ0) is 6.85. The second kappa shape index (κ2) is 2.34. The first-order valence-corrected chi connectivity index (χ1v) is 3.31. The van der Waals surface area contributed by atoms with Crippen LogP contribution in [-0.2, 0) is 0 Å². The molecule has 0 aliphatic carbocycles. The Labute approximate surface area is 65.8 Å². The Morgan fingerprint density at radius 2 is 2.00 bits per heavy atom. The SMILES string of the molecule is Nc1ncc(I)nc1N. The second-order valence-corrected chi connectivity index (χ2v) is 2.57. The van der Waals surface area contributed by atoms with Crippen LogP contribution in [0.3, 0.4) is 0 Å². The molecule has 1 aromatic rings. The van der Waals surface area contributed by atoms with Crippen LogP contribution in [0.1, 0.15) is 0 Å². The van der Waals surface area contributed by atoms with E-state index in [1.54, 1.807) is 6.20 Å². The van der Waals surface area contributed by atoms with E-state index < -0.39 is 0 Å². The fraction of sp³-hybridized carbons (Fsp3) is 0. The highest BCUT2D eigenvalue weighted by molar-refractivity contribution is 14.1. The van der Waals surface area contributed by atoms with Gasteiger partial charge in [-0.15, -0.1) is 0 Å². The summed E-state index contributed by atoms with van der Waals surface area (Å²) < 4.78 is 0.749. The van der Waals surface area contributed by atoms with Crippen LogP contribution < -0.4 is 11.5 Å². The van der Waals surface area contributed by atoms with E-state index in [0.29, 0.717) is 5.82 Å². The summed E-state index contributed by atoms with van der Waals surface area (Å²) in [6.07, 6.45) is 1.56. The summed E-state index contributed by atoms with van der Waals surface area (Å²) in [6, 6.07) is 0. The topological polar surface area (TPSA) is 77.8 Å². The number of nitrogens with zero attached hydrogens (tertiary/aromatic N) is 2. The number of hydrogen-bond donors (Lipinski definition) is 2. The molecule has 0 amide bonds. The quantitative estimate of drug-likeness (QED) is 0.632. The molecule has 0 bridgehead atoms. The maximum absolute atomic E-state index is 5.32. The molecule has 48 valence electrons.